The first-order valence-electron chi connectivity index (χ1n) is 3.59. The third kappa shape index (κ3) is 1.41. The second kappa shape index (κ2) is 3.55. The van der Waals surface area contributed by atoms with E-state index >= 15 is 0 Å². The van der Waals surface area contributed by atoms with Crippen molar-refractivity contribution in [3.8, 4) is 5.88 Å². The molecule has 0 fully saturated rings. The van der Waals surface area contributed by atoms with Gasteiger partial charge in [-0.15, -0.1) is 0 Å². The minimum absolute atomic E-state index is 0.110. The molecule has 0 aliphatic carbocycles. The average molecular weight is 172 g/mol. The highest BCUT2D eigenvalue weighted by atomic mass is 16.5. The fourth-order valence-electron chi connectivity index (χ4n) is 0.941. The van der Waals surface area contributed by atoms with Crippen molar-refractivity contribution in [1.82, 2.24) is 5.16 Å². The molecule has 0 spiro atoms. The Morgan fingerprint density at radius 1 is 1.75 bits per heavy atom. The Kier molecular flexibility index (Phi) is 2.67. The number of hydrogen-bond donors (Lipinski definition) is 2. The summed E-state index contributed by atoms with van der Waals surface area (Å²) in [4.78, 5) is 0. The molecule has 1 aromatic heterocycles. The molecule has 5 heteroatoms. The van der Waals surface area contributed by atoms with Crippen LogP contribution in [0.4, 0.5) is 0 Å². The molecule has 1 unspecified atom stereocenters. The normalized spacial score (nSPS) is 13.0. The molecule has 0 aliphatic rings. The molecule has 1 heterocycles. The van der Waals surface area contributed by atoms with E-state index in [0.29, 0.717) is 17.2 Å². The van der Waals surface area contributed by atoms with Crippen LogP contribution in [0.2, 0.25) is 0 Å². The Balaban J connectivity index is 2.93. The number of rotatable bonds is 3. The van der Waals surface area contributed by atoms with Gasteiger partial charge >= 0.3 is 0 Å². The van der Waals surface area contributed by atoms with E-state index in [2.05, 4.69) is 5.16 Å². The predicted octanol–water partition coefficient (Wildman–Crippen LogP) is -0.0163. The fourth-order valence-corrected chi connectivity index (χ4v) is 0.941. The van der Waals surface area contributed by atoms with Crippen molar-refractivity contribution in [1.29, 1.82) is 0 Å². The van der Waals surface area contributed by atoms with Crippen LogP contribution in [0, 0.1) is 6.92 Å². The third-order valence-electron chi connectivity index (χ3n) is 1.64. The van der Waals surface area contributed by atoms with Gasteiger partial charge < -0.3 is 20.1 Å². The fraction of sp³-hybridized carbons (Fsp3) is 0.571. The maximum absolute atomic E-state index is 9.30. The molecule has 1 aromatic rings. The molecular weight excluding hydrogens is 160 g/mol. The summed E-state index contributed by atoms with van der Waals surface area (Å²) in [6.45, 7) is 1.86. The molecule has 0 aromatic carbocycles. The average Bonchev–Trinajstić information content (AvgIpc) is 2.45. The smallest absolute Gasteiger partial charge is 0.257 e. The Morgan fingerprint density at radius 2 is 2.42 bits per heavy atom. The summed E-state index contributed by atoms with van der Waals surface area (Å²) in [5.74, 6) is 0.756. The zero-order valence-corrected chi connectivity index (χ0v) is 7.07. The van der Waals surface area contributed by atoms with Crippen molar-refractivity contribution in [2.75, 3.05) is 13.7 Å². The van der Waals surface area contributed by atoms with E-state index in [1.54, 1.807) is 6.92 Å². The van der Waals surface area contributed by atoms with Crippen LogP contribution in [0.15, 0.2) is 4.52 Å². The molecule has 3 N–H and O–H groups in total. The van der Waals surface area contributed by atoms with Gasteiger partial charge in [0.15, 0.2) is 5.76 Å². The molecule has 5 nitrogen and oxygen atoms in total. The molecule has 0 aliphatic heterocycles. The van der Waals surface area contributed by atoms with Crippen LogP contribution in [0.3, 0.4) is 0 Å². The largest absolute Gasteiger partial charge is 0.479 e. The highest BCUT2D eigenvalue weighted by Crippen LogP contribution is 2.24. The van der Waals surface area contributed by atoms with Crippen LogP contribution < -0.4 is 10.5 Å². The zero-order valence-electron chi connectivity index (χ0n) is 7.07. The lowest BCUT2D eigenvalue weighted by atomic mass is 10.2. The van der Waals surface area contributed by atoms with Crippen LogP contribution in [0.5, 0.6) is 5.88 Å². The molecule has 0 bridgehead atoms. The predicted molar refractivity (Wildman–Crippen MR) is 41.8 cm³/mol. The van der Waals surface area contributed by atoms with Gasteiger partial charge in [0.05, 0.1) is 12.7 Å². The number of nitrogens with zero attached hydrogens (tertiary/aromatic N) is 1. The maximum atomic E-state index is 9.30. The number of aliphatic hydroxyl groups is 1. The molecule has 0 saturated heterocycles. The summed E-state index contributed by atoms with van der Waals surface area (Å²) in [7, 11) is 1.49. The van der Waals surface area contributed by atoms with Gasteiger partial charge in [0.1, 0.15) is 6.10 Å². The van der Waals surface area contributed by atoms with Crippen LogP contribution in [-0.4, -0.2) is 23.9 Å². The van der Waals surface area contributed by atoms with Crippen LogP contribution in [-0.2, 0) is 0 Å². The molecule has 1 rings (SSSR count). The second-order valence-corrected chi connectivity index (χ2v) is 2.43. The Morgan fingerprint density at radius 3 is 2.83 bits per heavy atom. The zero-order chi connectivity index (χ0) is 9.14. The van der Waals surface area contributed by atoms with Gasteiger partial charge in [-0.25, -0.2) is 0 Å². The first-order valence-corrected chi connectivity index (χ1v) is 3.59. The molecule has 0 saturated carbocycles. The van der Waals surface area contributed by atoms with Gasteiger partial charge in [-0.1, -0.05) is 0 Å². The van der Waals surface area contributed by atoms with Gasteiger partial charge in [0, 0.05) is 6.54 Å². The molecule has 12 heavy (non-hydrogen) atoms. The number of ether oxygens (including phenoxy) is 1. The van der Waals surface area contributed by atoms with E-state index in [4.69, 9.17) is 15.0 Å². The number of aliphatic hydroxyl groups excluding tert-OH is 1. The van der Waals surface area contributed by atoms with E-state index in [-0.39, 0.29) is 6.54 Å². The van der Waals surface area contributed by atoms with Crippen LogP contribution in [0.1, 0.15) is 17.4 Å². The van der Waals surface area contributed by atoms with Crippen LogP contribution >= 0.6 is 0 Å². The topological polar surface area (TPSA) is 81.5 Å². The lowest BCUT2D eigenvalue weighted by Gasteiger charge is -2.02. The van der Waals surface area contributed by atoms with Gasteiger partial charge in [-0.2, -0.15) is 0 Å². The summed E-state index contributed by atoms with van der Waals surface area (Å²) in [5.41, 5.74) is 5.94. The quantitative estimate of drug-likeness (QED) is 0.669. The van der Waals surface area contributed by atoms with Crippen molar-refractivity contribution in [2.45, 2.75) is 13.0 Å². The second-order valence-electron chi connectivity index (χ2n) is 2.43. The standard InChI is InChI=1S/C7H12N2O3/c1-4-6(5(10)3-8)12-9-7(4)11-2/h5,10H,3,8H2,1-2H3. The summed E-state index contributed by atoms with van der Waals surface area (Å²) < 4.78 is 9.70. The van der Waals surface area contributed by atoms with E-state index < -0.39 is 6.10 Å². The van der Waals surface area contributed by atoms with E-state index in [0.717, 1.165) is 0 Å². The van der Waals surface area contributed by atoms with Gasteiger partial charge in [0.25, 0.3) is 5.88 Å². The van der Waals surface area contributed by atoms with Gasteiger partial charge in [0.2, 0.25) is 0 Å². The number of hydrogen-bond acceptors (Lipinski definition) is 5. The summed E-state index contributed by atoms with van der Waals surface area (Å²) in [6, 6.07) is 0. The minimum Gasteiger partial charge on any atom is -0.479 e. The third-order valence-corrected chi connectivity index (χ3v) is 1.64. The maximum Gasteiger partial charge on any atom is 0.257 e. The van der Waals surface area contributed by atoms with Crippen molar-refractivity contribution < 1.29 is 14.4 Å². The van der Waals surface area contributed by atoms with Crippen molar-refractivity contribution >= 4 is 0 Å². The number of aromatic nitrogens is 1. The SMILES string of the molecule is COc1noc(C(O)CN)c1C. The van der Waals surface area contributed by atoms with E-state index in [1.807, 2.05) is 0 Å². The lowest BCUT2D eigenvalue weighted by Crippen LogP contribution is -2.11. The van der Waals surface area contributed by atoms with Gasteiger partial charge in [-0.3, -0.25) is 0 Å². The van der Waals surface area contributed by atoms with Crippen molar-refractivity contribution in [3.05, 3.63) is 11.3 Å². The first kappa shape index (κ1) is 9.02. The van der Waals surface area contributed by atoms with Crippen molar-refractivity contribution in [2.24, 2.45) is 5.73 Å². The first-order chi connectivity index (χ1) is 5.70. The minimum atomic E-state index is -0.804. The van der Waals surface area contributed by atoms with E-state index in [9.17, 15) is 5.11 Å². The molecule has 0 amide bonds. The van der Waals surface area contributed by atoms with Gasteiger partial charge in [-0.05, 0) is 12.1 Å². The summed E-state index contributed by atoms with van der Waals surface area (Å²) in [6.07, 6.45) is -0.804. The number of methoxy groups -OCH3 is 1. The Hall–Kier alpha value is -1.07. The number of nitrogens with two attached hydrogens (primary N) is 1. The van der Waals surface area contributed by atoms with Crippen molar-refractivity contribution in [3.63, 3.8) is 0 Å². The summed E-state index contributed by atoms with van der Waals surface area (Å²) >= 11 is 0. The molecule has 1 atom stereocenters. The summed E-state index contributed by atoms with van der Waals surface area (Å²) in [5, 5.41) is 12.9. The molecule has 68 valence electrons. The monoisotopic (exact) mass is 172 g/mol. The Labute approximate surface area is 70.1 Å². The molecule has 0 radical (unpaired) electrons. The highest BCUT2D eigenvalue weighted by molar-refractivity contribution is 5.27. The lowest BCUT2D eigenvalue weighted by molar-refractivity contribution is 0.146. The van der Waals surface area contributed by atoms with E-state index in [1.165, 1.54) is 7.11 Å². The van der Waals surface area contributed by atoms with Crippen LogP contribution in [0.25, 0.3) is 0 Å². The Bertz CT molecular complexity index is 259. The molecular formula is C7H12N2O3. The highest BCUT2D eigenvalue weighted by Gasteiger charge is 2.18.